The highest BCUT2D eigenvalue weighted by Crippen LogP contribution is 2.38. The highest BCUT2D eigenvalue weighted by atomic mass is 19.1. The summed E-state index contributed by atoms with van der Waals surface area (Å²) < 4.78 is 23.6. The Morgan fingerprint density at radius 2 is 1.80 bits per heavy atom. The molecular weight excluding hydrogens is 259 g/mol. The molecule has 1 N–H and O–H groups in total. The number of aliphatic hydroxyl groups excluding tert-OH is 1. The molecule has 0 amide bonds. The van der Waals surface area contributed by atoms with Gasteiger partial charge in [-0.05, 0) is 41.0 Å². The second kappa shape index (κ2) is 4.98. The summed E-state index contributed by atoms with van der Waals surface area (Å²) in [6.45, 7) is 3.91. The van der Waals surface area contributed by atoms with Crippen LogP contribution in [-0.4, -0.2) is 11.9 Å². The van der Waals surface area contributed by atoms with Crippen molar-refractivity contribution in [3.8, 4) is 11.5 Å². The molecule has 3 nitrogen and oxygen atoms in total. The lowest BCUT2D eigenvalue weighted by Gasteiger charge is -2.15. The summed E-state index contributed by atoms with van der Waals surface area (Å²) in [6.07, 6.45) is 0.766. The number of hydrogen-bond acceptors (Lipinski definition) is 3. The summed E-state index contributed by atoms with van der Waals surface area (Å²) >= 11 is 0. The van der Waals surface area contributed by atoms with Crippen LogP contribution in [0.25, 0.3) is 6.08 Å². The van der Waals surface area contributed by atoms with Crippen molar-refractivity contribution in [3.63, 3.8) is 0 Å². The van der Waals surface area contributed by atoms with Gasteiger partial charge in [-0.3, -0.25) is 0 Å². The first-order valence-corrected chi connectivity index (χ1v) is 6.18. The van der Waals surface area contributed by atoms with Gasteiger partial charge in [-0.1, -0.05) is 24.8 Å². The Morgan fingerprint density at radius 3 is 2.45 bits per heavy atom. The van der Waals surface area contributed by atoms with E-state index in [9.17, 15) is 9.50 Å². The molecule has 4 heteroatoms. The zero-order valence-corrected chi connectivity index (χ0v) is 10.7. The summed E-state index contributed by atoms with van der Waals surface area (Å²) in [4.78, 5) is 0. The molecule has 1 aliphatic rings. The molecule has 0 aliphatic carbocycles. The van der Waals surface area contributed by atoms with E-state index < -0.39 is 6.10 Å². The largest absolute Gasteiger partial charge is 0.454 e. The van der Waals surface area contributed by atoms with Crippen LogP contribution in [-0.2, 0) is 0 Å². The third-order valence-corrected chi connectivity index (χ3v) is 3.28. The number of fused-ring (bicyclic) bond motifs is 1. The van der Waals surface area contributed by atoms with E-state index in [0.29, 0.717) is 22.6 Å². The Labute approximate surface area is 115 Å². The Hall–Kier alpha value is -2.33. The van der Waals surface area contributed by atoms with Crippen LogP contribution in [0.1, 0.15) is 22.8 Å². The number of hydrogen-bond donors (Lipinski definition) is 1. The molecule has 3 rings (SSSR count). The zero-order valence-electron chi connectivity index (χ0n) is 10.7. The van der Waals surface area contributed by atoms with Crippen molar-refractivity contribution in [2.75, 3.05) is 6.79 Å². The van der Waals surface area contributed by atoms with Crippen LogP contribution < -0.4 is 9.47 Å². The van der Waals surface area contributed by atoms with Gasteiger partial charge >= 0.3 is 0 Å². The lowest BCUT2D eigenvalue weighted by molar-refractivity contribution is 0.173. The molecule has 0 fully saturated rings. The van der Waals surface area contributed by atoms with Gasteiger partial charge in [0.1, 0.15) is 11.9 Å². The predicted octanol–water partition coefficient (Wildman–Crippen LogP) is 3.28. The lowest BCUT2D eigenvalue weighted by atomic mass is 9.96. The summed E-state index contributed by atoms with van der Waals surface area (Å²) in [5, 5.41) is 10.5. The maximum absolute atomic E-state index is 12.9. The van der Waals surface area contributed by atoms with Gasteiger partial charge in [-0.25, -0.2) is 4.39 Å². The van der Waals surface area contributed by atoms with Crippen molar-refractivity contribution in [2.45, 2.75) is 6.10 Å². The highest BCUT2D eigenvalue weighted by Gasteiger charge is 2.21. The van der Waals surface area contributed by atoms with E-state index in [0.717, 1.165) is 5.56 Å². The molecule has 0 saturated heterocycles. The number of rotatable bonds is 3. The van der Waals surface area contributed by atoms with Gasteiger partial charge < -0.3 is 14.6 Å². The monoisotopic (exact) mass is 272 g/mol. The normalized spacial score (nSPS) is 14.1. The highest BCUT2D eigenvalue weighted by molar-refractivity contribution is 5.61. The van der Waals surface area contributed by atoms with Crippen molar-refractivity contribution >= 4 is 6.08 Å². The lowest BCUT2D eigenvalue weighted by Crippen LogP contribution is -2.02. The molecule has 2 aromatic carbocycles. The molecule has 0 aromatic heterocycles. The molecule has 1 aliphatic heterocycles. The van der Waals surface area contributed by atoms with Crippen LogP contribution in [0.4, 0.5) is 4.39 Å². The fourth-order valence-electron chi connectivity index (χ4n) is 2.21. The van der Waals surface area contributed by atoms with E-state index >= 15 is 0 Å². The molecular formula is C16H13FO3. The fraction of sp³-hybridized carbons (Fsp3) is 0.125. The van der Waals surface area contributed by atoms with E-state index in [1.165, 1.54) is 12.1 Å². The van der Waals surface area contributed by atoms with Crippen LogP contribution in [0.3, 0.4) is 0 Å². The number of aliphatic hydroxyl groups is 1. The Balaban J connectivity index is 2.04. The third kappa shape index (κ3) is 2.14. The molecule has 0 bridgehead atoms. The molecule has 0 unspecified atom stereocenters. The van der Waals surface area contributed by atoms with E-state index in [4.69, 9.17) is 9.47 Å². The van der Waals surface area contributed by atoms with Gasteiger partial charge in [0.25, 0.3) is 0 Å². The zero-order chi connectivity index (χ0) is 14.1. The van der Waals surface area contributed by atoms with Crippen LogP contribution in [0, 0.1) is 5.82 Å². The summed E-state index contributed by atoms with van der Waals surface area (Å²) in [5.74, 6) is 0.886. The third-order valence-electron chi connectivity index (χ3n) is 3.28. The van der Waals surface area contributed by atoms with Crippen molar-refractivity contribution in [3.05, 3.63) is 65.5 Å². The summed E-state index contributed by atoms with van der Waals surface area (Å²) in [7, 11) is 0. The van der Waals surface area contributed by atoms with E-state index in [1.54, 1.807) is 30.3 Å². The van der Waals surface area contributed by atoms with Gasteiger partial charge in [0, 0.05) is 0 Å². The van der Waals surface area contributed by atoms with Crippen LogP contribution in [0.5, 0.6) is 11.5 Å². The van der Waals surface area contributed by atoms with Gasteiger partial charge in [-0.2, -0.15) is 0 Å². The van der Waals surface area contributed by atoms with Crippen LogP contribution in [0.15, 0.2) is 43.0 Å². The van der Waals surface area contributed by atoms with Crippen molar-refractivity contribution in [2.24, 2.45) is 0 Å². The average molecular weight is 272 g/mol. The minimum Gasteiger partial charge on any atom is -0.454 e. The second-order valence-corrected chi connectivity index (χ2v) is 4.49. The van der Waals surface area contributed by atoms with Crippen molar-refractivity contribution in [1.82, 2.24) is 0 Å². The maximum Gasteiger partial charge on any atom is 0.231 e. The van der Waals surface area contributed by atoms with Crippen LogP contribution in [0.2, 0.25) is 0 Å². The Morgan fingerprint density at radius 1 is 1.15 bits per heavy atom. The summed E-state index contributed by atoms with van der Waals surface area (Å²) in [5.41, 5.74) is 2.01. The first-order valence-electron chi connectivity index (χ1n) is 6.18. The average Bonchev–Trinajstić information content (AvgIpc) is 2.93. The SMILES string of the molecule is C=Cc1cc2c(cc1[C@@H](O)c1ccc(F)cc1)OCO2. The molecule has 1 atom stereocenters. The van der Waals surface area contributed by atoms with E-state index in [-0.39, 0.29) is 12.6 Å². The molecule has 0 spiro atoms. The standard InChI is InChI=1S/C16H13FO3/c1-2-10-7-14-15(20-9-19-14)8-13(10)16(18)11-3-5-12(17)6-4-11/h2-8,16,18H,1,9H2/t16-/m0/s1. The van der Waals surface area contributed by atoms with Gasteiger partial charge in [0.05, 0.1) is 0 Å². The van der Waals surface area contributed by atoms with Gasteiger partial charge in [0.15, 0.2) is 11.5 Å². The van der Waals surface area contributed by atoms with Crippen LogP contribution >= 0.6 is 0 Å². The summed E-state index contributed by atoms with van der Waals surface area (Å²) in [6, 6.07) is 9.25. The number of halogens is 1. The minimum absolute atomic E-state index is 0.169. The molecule has 2 aromatic rings. The second-order valence-electron chi connectivity index (χ2n) is 4.49. The topological polar surface area (TPSA) is 38.7 Å². The van der Waals surface area contributed by atoms with Gasteiger partial charge in [-0.15, -0.1) is 0 Å². The molecule has 102 valence electrons. The first-order chi connectivity index (χ1) is 9.69. The number of benzene rings is 2. The quantitative estimate of drug-likeness (QED) is 0.932. The first kappa shape index (κ1) is 12.7. The Kier molecular flexibility index (Phi) is 3.16. The van der Waals surface area contributed by atoms with Gasteiger partial charge in [0.2, 0.25) is 6.79 Å². The molecule has 20 heavy (non-hydrogen) atoms. The molecule has 1 heterocycles. The van der Waals surface area contributed by atoms with Crippen molar-refractivity contribution < 1.29 is 19.0 Å². The minimum atomic E-state index is -0.877. The smallest absolute Gasteiger partial charge is 0.231 e. The van der Waals surface area contributed by atoms with E-state index in [2.05, 4.69) is 6.58 Å². The Bertz CT molecular complexity index is 650. The van der Waals surface area contributed by atoms with Crippen molar-refractivity contribution in [1.29, 1.82) is 0 Å². The number of ether oxygens (including phenoxy) is 2. The molecule has 0 radical (unpaired) electrons. The molecule has 0 saturated carbocycles. The maximum atomic E-state index is 12.9. The fourth-order valence-corrected chi connectivity index (χ4v) is 2.21. The van der Waals surface area contributed by atoms with E-state index in [1.807, 2.05) is 0 Å². The predicted molar refractivity (Wildman–Crippen MR) is 73.1 cm³/mol.